The fraction of sp³-hybridized carbons (Fsp3) is 0.571. The molecule has 7 nitrogen and oxygen atoms in total. The molecule has 28 heavy (non-hydrogen) atoms. The molecular weight excluding hydrogens is 356 g/mol. The molecule has 4 rings (SSSR count). The van der Waals surface area contributed by atoms with Crippen molar-refractivity contribution in [2.45, 2.75) is 51.7 Å². The van der Waals surface area contributed by atoms with Gasteiger partial charge in [-0.3, -0.25) is 19.7 Å². The number of nitrogens with zero attached hydrogens (tertiary/aromatic N) is 1. The lowest BCUT2D eigenvalue weighted by molar-refractivity contribution is -0.136. The average Bonchev–Trinajstić information content (AvgIpc) is 3.00. The first kappa shape index (κ1) is 19.1. The molecule has 0 spiro atoms. The molecule has 3 aliphatic heterocycles. The van der Waals surface area contributed by atoms with Gasteiger partial charge in [0.2, 0.25) is 11.8 Å². The summed E-state index contributed by atoms with van der Waals surface area (Å²) in [5.41, 5.74) is 3.03. The van der Waals surface area contributed by atoms with Crippen LogP contribution in [-0.2, 0) is 22.7 Å². The molecule has 2 unspecified atom stereocenters. The average molecular weight is 384 g/mol. The van der Waals surface area contributed by atoms with E-state index in [2.05, 4.69) is 28.9 Å². The number of amides is 3. The minimum Gasteiger partial charge on any atom is -0.322 e. The van der Waals surface area contributed by atoms with E-state index in [9.17, 15) is 14.4 Å². The quantitative estimate of drug-likeness (QED) is 0.657. The smallest absolute Gasteiger partial charge is 0.255 e. The molecule has 3 N–H and O–H groups in total. The minimum atomic E-state index is -0.564. The predicted molar refractivity (Wildman–Crippen MR) is 104 cm³/mol. The number of nitrogens with one attached hydrogen (secondary N) is 3. The Hall–Kier alpha value is -2.25. The van der Waals surface area contributed by atoms with Crippen molar-refractivity contribution in [1.82, 2.24) is 20.9 Å². The van der Waals surface area contributed by atoms with Crippen LogP contribution in [0.5, 0.6) is 0 Å². The molecule has 1 aromatic carbocycles. The fourth-order valence-corrected chi connectivity index (χ4v) is 4.58. The second kappa shape index (κ2) is 7.64. The predicted octanol–water partition coefficient (Wildman–Crippen LogP) is 0.927. The summed E-state index contributed by atoms with van der Waals surface area (Å²) in [6.45, 7) is 6.48. The Kier molecular flexibility index (Phi) is 5.21. The van der Waals surface area contributed by atoms with Crippen molar-refractivity contribution in [2.75, 3.05) is 19.6 Å². The molecule has 7 heteroatoms. The number of piperidine rings is 2. The van der Waals surface area contributed by atoms with Gasteiger partial charge in [-0.15, -0.1) is 0 Å². The lowest BCUT2D eigenvalue weighted by Crippen LogP contribution is -2.52. The molecule has 0 aliphatic carbocycles. The van der Waals surface area contributed by atoms with Gasteiger partial charge in [-0.1, -0.05) is 19.1 Å². The summed E-state index contributed by atoms with van der Waals surface area (Å²) >= 11 is 0. The van der Waals surface area contributed by atoms with Gasteiger partial charge >= 0.3 is 0 Å². The Morgan fingerprint density at radius 1 is 1.29 bits per heavy atom. The molecule has 2 fully saturated rings. The van der Waals surface area contributed by atoms with Crippen molar-refractivity contribution in [3.63, 3.8) is 0 Å². The van der Waals surface area contributed by atoms with Gasteiger partial charge in [0.05, 0.1) is 0 Å². The number of carbonyl (C=O) groups is 3. The second-order valence-electron chi connectivity index (χ2n) is 8.54. The number of benzene rings is 1. The van der Waals surface area contributed by atoms with Gasteiger partial charge in [0.15, 0.2) is 0 Å². The van der Waals surface area contributed by atoms with E-state index < -0.39 is 6.04 Å². The van der Waals surface area contributed by atoms with E-state index in [4.69, 9.17) is 0 Å². The third-order valence-corrected chi connectivity index (χ3v) is 6.23. The van der Waals surface area contributed by atoms with Crippen molar-refractivity contribution in [1.29, 1.82) is 0 Å². The summed E-state index contributed by atoms with van der Waals surface area (Å²) in [5, 5.41) is 9.39. The maximum Gasteiger partial charge on any atom is 0.255 e. The SMILES string of the molecule is CC1(CNCc2cccc3c2CN(C2CCC(=O)NC2=O)C3=O)CCCNC1. The van der Waals surface area contributed by atoms with Crippen LogP contribution in [0.3, 0.4) is 0 Å². The summed E-state index contributed by atoms with van der Waals surface area (Å²) < 4.78 is 0. The largest absolute Gasteiger partial charge is 0.322 e. The van der Waals surface area contributed by atoms with Gasteiger partial charge < -0.3 is 15.5 Å². The van der Waals surface area contributed by atoms with E-state index in [-0.39, 0.29) is 29.6 Å². The molecule has 0 saturated carbocycles. The molecule has 3 heterocycles. The van der Waals surface area contributed by atoms with Crippen molar-refractivity contribution < 1.29 is 14.4 Å². The van der Waals surface area contributed by atoms with Crippen molar-refractivity contribution in [3.8, 4) is 0 Å². The zero-order valence-electron chi connectivity index (χ0n) is 16.3. The number of fused-ring (bicyclic) bond motifs is 1. The van der Waals surface area contributed by atoms with E-state index in [0.717, 1.165) is 30.8 Å². The molecule has 2 atom stereocenters. The van der Waals surface area contributed by atoms with Crippen LogP contribution in [0.2, 0.25) is 0 Å². The van der Waals surface area contributed by atoms with Crippen LogP contribution < -0.4 is 16.0 Å². The Bertz CT molecular complexity index is 801. The van der Waals surface area contributed by atoms with Gasteiger partial charge in [-0.2, -0.15) is 0 Å². The normalized spacial score (nSPS) is 27.7. The van der Waals surface area contributed by atoms with Crippen molar-refractivity contribution in [2.24, 2.45) is 5.41 Å². The highest BCUT2D eigenvalue weighted by Gasteiger charge is 2.39. The first-order valence-corrected chi connectivity index (χ1v) is 10.1. The van der Waals surface area contributed by atoms with E-state index in [1.807, 2.05) is 12.1 Å². The molecule has 0 bridgehead atoms. The van der Waals surface area contributed by atoms with Crippen LogP contribution in [-0.4, -0.2) is 48.3 Å². The molecule has 1 aromatic rings. The van der Waals surface area contributed by atoms with Crippen molar-refractivity contribution in [3.05, 3.63) is 34.9 Å². The van der Waals surface area contributed by atoms with Gasteiger partial charge in [0, 0.05) is 38.2 Å². The Morgan fingerprint density at radius 2 is 2.14 bits per heavy atom. The van der Waals surface area contributed by atoms with Crippen LogP contribution in [0.4, 0.5) is 0 Å². The van der Waals surface area contributed by atoms with Crippen LogP contribution >= 0.6 is 0 Å². The molecule has 150 valence electrons. The van der Waals surface area contributed by atoms with Crippen LogP contribution in [0.25, 0.3) is 0 Å². The van der Waals surface area contributed by atoms with Gasteiger partial charge in [-0.25, -0.2) is 0 Å². The van der Waals surface area contributed by atoms with Crippen LogP contribution in [0.1, 0.15) is 54.1 Å². The number of hydrogen-bond donors (Lipinski definition) is 3. The van der Waals surface area contributed by atoms with E-state index in [1.54, 1.807) is 4.90 Å². The minimum absolute atomic E-state index is 0.116. The first-order valence-electron chi connectivity index (χ1n) is 10.1. The van der Waals surface area contributed by atoms with Crippen LogP contribution in [0, 0.1) is 5.41 Å². The molecule has 3 amide bonds. The molecule has 2 saturated heterocycles. The maximum atomic E-state index is 12.9. The zero-order valence-corrected chi connectivity index (χ0v) is 16.3. The summed E-state index contributed by atoms with van der Waals surface area (Å²) in [5.74, 6) is -0.745. The van der Waals surface area contributed by atoms with Gasteiger partial charge in [0.25, 0.3) is 5.91 Å². The monoisotopic (exact) mass is 384 g/mol. The number of hydrogen-bond acceptors (Lipinski definition) is 5. The molecule has 0 radical (unpaired) electrons. The van der Waals surface area contributed by atoms with Gasteiger partial charge in [0.1, 0.15) is 6.04 Å². The molecular formula is C21H28N4O3. The van der Waals surface area contributed by atoms with Crippen LogP contribution in [0.15, 0.2) is 18.2 Å². The van der Waals surface area contributed by atoms with E-state index in [1.165, 1.54) is 12.8 Å². The molecule has 0 aromatic heterocycles. The Morgan fingerprint density at radius 3 is 2.89 bits per heavy atom. The highest BCUT2D eigenvalue weighted by atomic mass is 16.2. The van der Waals surface area contributed by atoms with Crippen molar-refractivity contribution >= 4 is 17.7 Å². The zero-order chi connectivity index (χ0) is 19.7. The second-order valence-corrected chi connectivity index (χ2v) is 8.54. The fourth-order valence-electron chi connectivity index (χ4n) is 4.58. The lowest BCUT2D eigenvalue weighted by Gasteiger charge is -2.34. The standard InChI is InChI=1S/C21H28N4O3/c1-21(8-3-9-22-12-21)13-23-10-14-4-2-5-15-16(14)11-25(20(15)28)17-6-7-18(26)24-19(17)27/h2,4-5,17,22-23H,3,6-13H2,1H3,(H,24,26,27). The van der Waals surface area contributed by atoms with E-state index >= 15 is 0 Å². The third-order valence-electron chi connectivity index (χ3n) is 6.23. The number of imide groups is 1. The molecule has 3 aliphatic rings. The third kappa shape index (κ3) is 3.69. The van der Waals surface area contributed by atoms with Gasteiger partial charge in [-0.05, 0) is 48.4 Å². The number of rotatable bonds is 5. The lowest BCUT2D eigenvalue weighted by atomic mass is 9.83. The highest BCUT2D eigenvalue weighted by Crippen LogP contribution is 2.30. The highest BCUT2D eigenvalue weighted by molar-refractivity contribution is 6.05. The number of carbonyl (C=O) groups excluding carboxylic acids is 3. The summed E-state index contributed by atoms with van der Waals surface area (Å²) in [6, 6.07) is 5.23. The summed E-state index contributed by atoms with van der Waals surface area (Å²) in [7, 11) is 0. The Labute approximate surface area is 165 Å². The topological polar surface area (TPSA) is 90.5 Å². The van der Waals surface area contributed by atoms with E-state index in [0.29, 0.717) is 25.1 Å². The first-order chi connectivity index (χ1) is 13.5. The summed E-state index contributed by atoms with van der Waals surface area (Å²) in [6.07, 6.45) is 3.08. The maximum absolute atomic E-state index is 12.9. The Balaban J connectivity index is 1.44. The summed E-state index contributed by atoms with van der Waals surface area (Å²) in [4.78, 5) is 38.1.